The van der Waals surface area contributed by atoms with Crippen LogP contribution in [0.25, 0.3) is 0 Å². The Morgan fingerprint density at radius 3 is 2.24 bits per heavy atom. The lowest BCUT2D eigenvalue weighted by Crippen LogP contribution is -2.30. The van der Waals surface area contributed by atoms with Gasteiger partial charge in [0.05, 0.1) is 5.92 Å². The van der Waals surface area contributed by atoms with Gasteiger partial charge < -0.3 is 10.0 Å². The first-order valence-corrected chi connectivity index (χ1v) is 5.81. The molecule has 0 bridgehead atoms. The zero-order valence-electron chi connectivity index (χ0n) is 11.2. The van der Waals surface area contributed by atoms with E-state index in [2.05, 4.69) is 26.0 Å². The summed E-state index contributed by atoms with van der Waals surface area (Å²) >= 11 is 0. The Morgan fingerprint density at radius 1 is 1.24 bits per heavy atom. The lowest BCUT2D eigenvalue weighted by molar-refractivity contribution is -0.143. The maximum absolute atomic E-state index is 11.1. The lowest BCUT2D eigenvalue weighted by atomic mass is 9.91. The first-order chi connectivity index (χ1) is 7.84. The molecule has 17 heavy (non-hydrogen) atoms. The zero-order valence-corrected chi connectivity index (χ0v) is 11.2. The molecule has 1 aromatic rings. The molecule has 3 heteroatoms. The van der Waals surface area contributed by atoms with Crippen LogP contribution < -0.4 is 0 Å². The quantitative estimate of drug-likeness (QED) is 0.872. The first-order valence-electron chi connectivity index (χ1n) is 5.81. The molecule has 1 aromatic carbocycles. The summed E-state index contributed by atoms with van der Waals surface area (Å²) in [6, 6.07) is 6.06. The van der Waals surface area contributed by atoms with Crippen molar-refractivity contribution in [3.8, 4) is 0 Å². The van der Waals surface area contributed by atoms with Gasteiger partial charge in [0, 0.05) is 6.04 Å². The van der Waals surface area contributed by atoms with Gasteiger partial charge in [-0.1, -0.05) is 25.1 Å². The van der Waals surface area contributed by atoms with Gasteiger partial charge in [0.15, 0.2) is 0 Å². The predicted molar refractivity (Wildman–Crippen MR) is 69.1 cm³/mol. The standard InChI is InChI=1S/C14H21NO2/c1-9-6-7-12(8-10(9)2)13(15(4)5)11(3)14(16)17/h6-8,11,13H,1-5H3,(H,16,17). The number of hydrogen-bond donors (Lipinski definition) is 1. The van der Waals surface area contributed by atoms with Crippen molar-refractivity contribution in [2.24, 2.45) is 5.92 Å². The molecule has 3 nitrogen and oxygen atoms in total. The number of aliphatic carboxylic acids is 1. The van der Waals surface area contributed by atoms with Crippen LogP contribution in [0.5, 0.6) is 0 Å². The maximum Gasteiger partial charge on any atom is 0.308 e. The van der Waals surface area contributed by atoms with E-state index in [4.69, 9.17) is 5.11 Å². The van der Waals surface area contributed by atoms with Crippen LogP contribution in [0.1, 0.15) is 29.7 Å². The van der Waals surface area contributed by atoms with Crippen molar-refractivity contribution in [2.75, 3.05) is 14.1 Å². The second-order valence-corrected chi connectivity index (χ2v) is 4.88. The Bertz CT molecular complexity index is 413. The SMILES string of the molecule is Cc1ccc(C(C(C)C(=O)O)N(C)C)cc1C. The largest absolute Gasteiger partial charge is 0.481 e. The number of nitrogens with zero attached hydrogens (tertiary/aromatic N) is 1. The molecular weight excluding hydrogens is 214 g/mol. The van der Waals surface area contributed by atoms with Gasteiger partial charge in [-0.25, -0.2) is 0 Å². The van der Waals surface area contributed by atoms with E-state index in [1.165, 1.54) is 11.1 Å². The summed E-state index contributed by atoms with van der Waals surface area (Å²) in [4.78, 5) is 13.1. The lowest BCUT2D eigenvalue weighted by Gasteiger charge is -2.28. The van der Waals surface area contributed by atoms with Crippen molar-refractivity contribution in [3.05, 3.63) is 34.9 Å². The summed E-state index contributed by atoms with van der Waals surface area (Å²) in [5, 5.41) is 9.16. The number of rotatable bonds is 4. The van der Waals surface area contributed by atoms with Crippen LogP contribution >= 0.6 is 0 Å². The van der Waals surface area contributed by atoms with Gasteiger partial charge in [-0.15, -0.1) is 0 Å². The molecule has 2 unspecified atom stereocenters. The number of hydrogen-bond acceptors (Lipinski definition) is 2. The van der Waals surface area contributed by atoms with Crippen LogP contribution in [0.15, 0.2) is 18.2 Å². The van der Waals surface area contributed by atoms with Gasteiger partial charge in [0.1, 0.15) is 0 Å². The Balaban J connectivity index is 3.14. The molecule has 0 spiro atoms. The van der Waals surface area contributed by atoms with Crippen LogP contribution in [-0.4, -0.2) is 30.1 Å². The number of benzene rings is 1. The van der Waals surface area contributed by atoms with E-state index >= 15 is 0 Å². The van der Waals surface area contributed by atoms with Crippen LogP contribution in [0.2, 0.25) is 0 Å². The fourth-order valence-electron chi connectivity index (χ4n) is 2.12. The van der Waals surface area contributed by atoms with Crippen molar-refractivity contribution >= 4 is 5.97 Å². The molecule has 0 aliphatic carbocycles. The third-order valence-corrected chi connectivity index (χ3v) is 3.29. The van der Waals surface area contributed by atoms with E-state index in [0.29, 0.717) is 0 Å². The number of carbonyl (C=O) groups is 1. The molecule has 0 aliphatic heterocycles. The van der Waals surface area contributed by atoms with Crippen molar-refractivity contribution in [2.45, 2.75) is 26.8 Å². The highest BCUT2D eigenvalue weighted by molar-refractivity contribution is 5.70. The minimum absolute atomic E-state index is 0.0909. The Hall–Kier alpha value is -1.35. The highest BCUT2D eigenvalue weighted by Crippen LogP contribution is 2.28. The van der Waals surface area contributed by atoms with Gasteiger partial charge >= 0.3 is 5.97 Å². The van der Waals surface area contributed by atoms with Crippen LogP contribution in [0.4, 0.5) is 0 Å². The highest BCUT2D eigenvalue weighted by Gasteiger charge is 2.27. The average Bonchev–Trinajstić information content (AvgIpc) is 2.22. The highest BCUT2D eigenvalue weighted by atomic mass is 16.4. The van der Waals surface area contributed by atoms with E-state index < -0.39 is 11.9 Å². The summed E-state index contributed by atoms with van der Waals surface area (Å²) in [6.07, 6.45) is 0. The fraction of sp³-hybridized carbons (Fsp3) is 0.500. The van der Waals surface area contributed by atoms with Crippen molar-refractivity contribution in [1.82, 2.24) is 4.90 Å². The molecule has 0 fully saturated rings. The monoisotopic (exact) mass is 235 g/mol. The van der Waals surface area contributed by atoms with E-state index in [1.54, 1.807) is 6.92 Å². The molecule has 0 heterocycles. The number of aryl methyl sites for hydroxylation is 2. The molecule has 1 rings (SSSR count). The van der Waals surface area contributed by atoms with E-state index in [-0.39, 0.29) is 6.04 Å². The minimum Gasteiger partial charge on any atom is -0.481 e. The minimum atomic E-state index is -0.762. The molecule has 94 valence electrons. The van der Waals surface area contributed by atoms with Crippen molar-refractivity contribution < 1.29 is 9.90 Å². The molecule has 1 N–H and O–H groups in total. The van der Waals surface area contributed by atoms with E-state index in [0.717, 1.165) is 5.56 Å². The van der Waals surface area contributed by atoms with Gasteiger partial charge in [-0.05, 0) is 44.6 Å². The molecule has 0 radical (unpaired) electrons. The van der Waals surface area contributed by atoms with Crippen LogP contribution in [0, 0.1) is 19.8 Å². The normalized spacial score (nSPS) is 14.7. The van der Waals surface area contributed by atoms with Gasteiger partial charge in [0.25, 0.3) is 0 Å². The molecule has 0 aliphatic rings. The third kappa shape index (κ3) is 3.07. The topological polar surface area (TPSA) is 40.5 Å². The fourth-order valence-corrected chi connectivity index (χ4v) is 2.12. The zero-order chi connectivity index (χ0) is 13.2. The molecule has 0 aromatic heterocycles. The van der Waals surface area contributed by atoms with Gasteiger partial charge in [-0.3, -0.25) is 4.79 Å². The van der Waals surface area contributed by atoms with Crippen molar-refractivity contribution in [3.63, 3.8) is 0 Å². The summed E-state index contributed by atoms with van der Waals surface area (Å²) in [6.45, 7) is 5.86. The third-order valence-electron chi connectivity index (χ3n) is 3.29. The van der Waals surface area contributed by atoms with Crippen LogP contribution in [0.3, 0.4) is 0 Å². The smallest absolute Gasteiger partial charge is 0.308 e. The summed E-state index contributed by atoms with van der Waals surface area (Å²) in [7, 11) is 3.83. The van der Waals surface area contributed by atoms with E-state index in [1.807, 2.05) is 25.1 Å². The summed E-state index contributed by atoms with van der Waals surface area (Å²) in [5.74, 6) is -1.19. The first kappa shape index (κ1) is 13.7. The number of carboxylic acid groups (broad SMARTS) is 1. The van der Waals surface area contributed by atoms with Gasteiger partial charge in [-0.2, -0.15) is 0 Å². The second kappa shape index (κ2) is 5.32. The molecule has 0 saturated heterocycles. The molecule has 0 saturated carbocycles. The van der Waals surface area contributed by atoms with Crippen molar-refractivity contribution in [1.29, 1.82) is 0 Å². The Kier molecular flexibility index (Phi) is 4.29. The van der Waals surface area contributed by atoms with Gasteiger partial charge in [0.2, 0.25) is 0 Å². The molecular formula is C14H21NO2. The molecule has 2 atom stereocenters. The number of carboxylic acids is 1. The Morgan fingerprint density at radius 2 is 1.82 bits per heavy atom. The maximum atomic E-state index is 11.1. The summed E-state index contributed by atoms with van der Waals surface area (Å²) in [5.41, 5.74) is 3.49. The Labute approximate surface area is 103 Å². The van der Waals surface area contributed by atoms with E-state index in [9.17, 15) is 4.79 Å². The average molecular weight is 235 g/mol. The van der Waals surface area contributed by atoms with Crippen LogP contribution in [-0.2, 0) is 4.79 Å². The molecule has 0 amide bonds. The second-order valence-electron chi connectivity index (χ2n) is 4.88. The summed E-state index contributed by atoms with van der Waals surface area (Å²) < 4.78 is 0. The predicted octanol–water partition coefficient (Wildman–Crippen LogP) is 2.63.